The summed E-state index contributed by atoms with van der Waals surface area (Å²) in [5.74, 6) is -0.572. The summed E-state index contributed by atoms with van der Waals surface area (Å²) in [5.41, 5.74) is 5.27. The van der Waals surface area contributed by atoms with Crippen LogP contribution in [-0.4, -0.2) is 77.2 Å². The number of H-pyrrole nitrogens is 1. The zero-order valence-electron chi connectivity index (χ0n) is 19.5. The molecule has 0 atom stereocenters. The fourth-order valence-electron chi connectivity index (χ4n) is 5.52. The van der Waals surface area contributed by atoms with Crippen LogP contribution in [0.4, 0.5) is 14.5 Å². The van der Waals surface area contributed by atoms with Crippen molar-refractivity contribution < 1.29 is 18.7 Å². The maximum atomic E-state index is 15.1. The summed E-state index contributed by atoms with van der Waals surface area (Å²) >= 11 is 0. The number of likely N-dealkylation sites (tertiary alicyclic amines) is 1. The number of aliphatic hydroxyl groups excluding tert-OH is 1. The highest BCUT2D eigenvalue weighted by Gasteiger charge is 2.32. The number of amides is 1. The van der Waals surface area contributed by atoms with Crippen LogP contribution in [-0.2, 0) is 11.3 Å². The second kappa shape index (κ2) is 8.42. The molecule has 1 aromatic carbocycles. The van der Waals surface area contributed by atoms with Gasteiger partial charge in [-0.3, -0.25) is 9.69 Å². The molecule has 7 nitrogen and oxygen atoms in total. The Morgan fingerprint density at radius 3 is 2.86 bits per heavy atom. The van der Waals surface area contributed by atoms with E-state index in [2.05, 4.69) is 20.9 Å². The van der Waals surface area contributed by atoms with E-state index in [1.165, 1.54) is 18.3 Å². The van der Waals surface area contributed by atoms with Gasteiger partial charge >= 0.3 is 0 Å². The Kier molecular flexibility index (Phi) is 5.34. The van der Waals surface area contributed by atoms with Crippen LogP contribution in [0, 0.1) is 17.6 Å². The van der Waals surface area contributed by atoms with Crippen molar-refractivity contribution in [3.8, 4) is 11.1 Å². The van der Waals surface area contributed by atoms with Gasteiger partial charge in [0, 0.05) is 85.8 Å². The van der Waals surface area contributed by atoms with Crippen LogP contribution in [0.15, 0.2) is 30.5 Å². The van der Waals surface area contributed by atoms with Gasteiger partial charge in [-0.25, -0.2) is 13.8 Å². The molecule has 9 heteroatoms. The van der Waals surface area contributed by atoms with Crippen molar-refractivity contribution in [2.45, 2.75) is 13.0 Å². The van der Waals surface area contributed by atoms with Crippen LogP contribution >= 0.6 is 0 Å². The maximum Gasteiger partial charge on any atom is 0.236 e. The van der Waals surface area contributed by atoms with Crippen LogP contribution in [0.5, 0.6) is 0 Å². The van der Waals surface area contributed by atoms with Gasteiger partial charge in [0.1, 0.15) is 17.3 Å². The van der Waals surface area contributed by atoms with Crippen molar-refractivity contribution in [1.82, 2.24) is 19.8 Å². The van der Waals surface area contributed by atoms with Gasteiger partial charge in [0.05, 0.1) is 12.7 Å². The van der Waals surface area contributed by atoms with Crippen molar-refractivity contribution in [3.63, 3.8) is 0 Å². The normalized spacial score (nSPS) is 18.3. The highest BCUT2D eigenvalue weighted by molar-refractivity contribution is 6.03. The summed E-state index contributed by atoms with van der Waals surface area (Å²) in [6.07, 6.45) is 4.06. The largest absolute Gasteiger partial charge is 0.396 e. The van der Waals surface area contributed by atoms with E-state index in [4.69, 9.17) is 5.11 Å². The molecule has 1 amide bonds. The third-order valence-electron chi connectivity index (χ3n) is 7.46. The molecule has 3 aliphatic heterocycles. The highest BCUT2D eigenvalue weighted by Crippen LogP contribution is 2.44. The minimum absolute atomic E-state index is 0.0969. The van der Waals surface area contributed by atoms with Gasteiger partial charge in [0.25, 0.3) is 0 Å². The molecule has 0 radical (unpaired) electrons. The van der Waals surface area contributed by atoms with Gasteiger partial charge in [-0.05, 0) is 30.2 Å². The summed E-state index contributed by atoms with van der Waals surface area (Å²) in [6, 6.07) is 4.49. The smallest absolute Gasteiger partial charge is 0.236 e. The van der Waals surface area contributed by atoms with E-state index in [0.29, 0.717) is 54.9 Å². The molecule has 5 heterocycles. The van der Waals surface area contributed by atoms with Crippen molar-refractivity contribution in [2.75, 3.05) is 51.3 Å². The molecule has 0 unspecified atom stereocenters. The van der Waals surface area contributed by atoms with E-state index in [1.807, 2.05) is 11.9 Å². The first-order chi connectivity index (χ1) is 16.9. The number of anilines is 1. The second-order valence-corrected chi connectivity index (χ2v) is 9.76. The molecule has 6 rings (SSSR count). The lowest BCUT2D eigenvalue weighted by atomic mass is 9.97. The van der Waals surface area contributed by atoms with E-state index in [-0.39, 0.29) is 18.4 Å². The first-order valence-electron chi connectivity index (χ1n) is 11.9. The molecular formula is C26H27F2N5O2. The van der Waals surface area contributed by atoms with Crippen molar-refractivity contribution in [3.05, 3.63) is 53.4 Å². The van der Waals surface area contributed by atoms with E-state index in [0.717, 1.165) is 35.5 Å². The van der Waals surface area contributed by atoms with E-state index >= 15 is 4.39 Å². The molecule has 0 aliphatic carbocycles. The number of carbonyl (C=O) groups is 1. The number of aromatic amines is 1. The number of halogens is 2. The molecule has 2 N–H and O–H groups in total. The van der Waals surface area contributed by atoms with Gasteiger partial charge in [-0.2, -0.15) is 0 Å². The minimum Gasteiger partial charge on any atom is -0.396 e. The maximum absolute atomic E-state index is 15.1. The average molecular weight is 480 g/mol. The third kappa shape index (κ3) is 3.70. The van der Waals surface area contributed by atoms with Crippen LogP contribution in [0.3, 0.4) is 0 Å². The van der Waals surface area contributed by atoms with Gasteiger partial charge < -0.3 is 19.9 Å². The average Bonchev–Trinajstić information content (AvgIpc) is 3.10. The topological polar surface area (TPSA) is 75.7 Å². The lowest BCUT2D eigenvalue weighted by Gasteiger charge is -2.39. The molecule has 0 saturated carbocycles. The summed E-state index contributed by atoms with van der Waals surface area (Å²) in [4.78, 5) is 26.2. The highest BCUT2D eigenvalue weighted by atomic mass is 19.1. The quantitative estimate of drug-likeness (QED) is 0.602. The number of nitrogens with one attached hydrogen (secondary N) is 1. The molecule has 3 aliphatic rings. The van der Waals surface area contributed by atoms with Crippen LogP contribution in [0.2, 0.25) is 0 Å². The summed E-state index contributed by atoms with van der Waals surface area (Å²) < 4.78 is 29.3. The number of hydrogen-bond acceptors (Lipinski definition) is 5. The van der Waals surface area contributed by atoms with Gasteiger partial charge in [-0.15, -0.1) is 0 Å². The molecule has 35 heavy (non-hydrogen) atoms. The third-order valence-corrected chi connectivity index (χ3v) is 7.46. The lowest BCUT2D eigenvalue weighted by molar-refractivity contribution is -0.139. The number of aromatic nitrogens is 2. The molecule has 0 bridgehead atoms. The first-order valence-corrected chi connectivity index (χ1v) is 11.9. The summed E-state index contributed by atoms with van der Waals surface area (Å²) in [5, 5.41) is 9.87. The minimum atomic E-state index is -0.469. The Bertz CT molecular complexity index is 1360. The molecule has 3 aromatic rings. The molecule has 0 spiro atoms. The number of aliphatic hydroxyl groups is 1. The Hall–Kier alpha value is -3.30. The predicted octanol–water partition coefficient (Wildman–Crippen LogP) is 3.00. The molecule has 1 saturated heterocycles. The first kappa shape index (κ1) is 22.2. The zero-order valence-corrected chi connectivity index (χ0v) is 19.5. The monoisotopic (exact) mass is 479 g/mol. The summed E-state index contributed by atoms with van der Waals surface area (Å²) in [7, 11) is 1.93. The number of rotatable bonds is 4. The number of benzene rings is 1. The lowest BCUT2D eigenvalue weighted by Crippen LogP contribution is -2.54. The fraction of sp³-hybridized carbons (Fsp3) is 0.385. The number of nitrogens with zero attached hydrogens (tertiary/aromatic N) is 4. The van der Waals surface area contributed by atoms with Crippen molar-refractivity contribution in [2.24, 2.45) is 5.92 Å². The fourth-order valence-corrected chi connectivity index (χ4v) is 5.52. The second-order valence-electron chi connectivity index (χ2n) is 9.76. The van der Waals surface area contributed by atoms with Crippen molar-refractivity contribution >= 4 is 28.2 Å². The summed E-state index contributed by atoms with van der Waals surface area (Å²) in [6.45, 7) is 3.67. The van der Waals surface area contributed by atoms with E-state index < -0.39 is 11.6 Å². The van der Waals surface area contributed by atoms with Crippen LogP contribution < -0.4 is 4.90 Å². The molecular weight excluding hydrogens is 452 g/mol. The van der Waals surface area contributed by atoms with E-state index in [1.54, 1.807) is 11.0 Å². The Morgan fingerprint density at radius 1 is 1.29 bits per heavy atom. The number of hydrogen-bond donors (Lipinski definition) is 2. The van der Waals surface area contributed by atoms with Gasteiger partial charge in [0.2, 0.25) is 5.91 Å². The zero-order chi connectivity index (χ0) is 24.3. The van der Waals surface area contributed by atoms with E-state index in [9.17, 15) is 9.18 Å². The van der Waals surface area contributed by atoms with Gasteiger partial charge in [0.15, 0.2) is 0 Å². The van der Waals surface area contributed by atoms with Crippen molar-refractivity contribution in [1.29, 1.82) is 0 Å². The number of carbonyl (C=O) groups excluding carboxylic acids is 1. The Labute approximate surface area is 201 Å². The standard InChI is InChI=1S/C26H27F2N5O2/c1-31-12-19-24-23(18-8-17(27)2-3-21(18)31)20(28)9-29-26(24)30-25(19)16-4-6-32(7-5-16)13-22(35)33-10-15(11-33)14-34/h2-4,8-9,15,34H,5-7,10-14H2,1H3,(H,29,30). The number of fused-ring (bicyclic) bond motifs is 2. The number of pyridine rings is 1. The van der Waals surface area contributed by atoms with Crippen LogP contribution in [0.1, 0.15) is 17.7 Å². The predicted molar refractivity (Wildman–Crippen MR) is 130 cm³/mol. The molecule has 2 aromatic heterocycles. The Morgan fingerprint density at radius 2 is 2.11 bits per heavy atom. The Balaban J connectivity index is 1.31. The van der Waals surface area contributed by atoms with Crippen LogP contribution in [0.25, 0.3) is 27.7 Å². The molecule has 182 valence electrons. The SMILES string of the molecule is CN1Cc2c(C3=CCN(CC(=O)N4CC(CO)C4)CC3)[nH]c3ncc(F)c(c23)-c2cc(F)ccc21. The van der Waals surface area contributed by atoms with Gasteiger partial charge in [-0.1, -0.05) is 6.08 Å². The molecule has 1 fully saturated rings.